The van der Waals surface area contributed by atoms with Crippen molar-refractivity contribution in [3.8, 4) is 0 Å². The van der Waals surface area contributed by atoms with Gasteiger partial charge in [-0.25, -0.2) is 0 Å². The number of phosphoric acid groups is 1. The average Bonchev–Trinajstić information content (AvgIpc) is 3.22. The molecular formula is C52H92NO7P. The maximum absolute atomic E-state index is 12.7. The number of unbranched alkanes of at least 4 members (excludes halogenated alkanes) is 16. The maximum atomic E-state index is 12.7. The molecule has 0 saturated heterocycles. The highest BCUT2D eigenvalue weighted by atomic mass is 31.2. The summed E-state index contributed by atoms with van der Waals surface area (Å²) in [7, 11) is 1.33. The summed E-state index contributed by atoms with van der Waals surface area (Å²) in [6.45, 7) is 5.14. The minimum atomic E-state index is -4.54. The Labute approximate surface area is 375 Å². The SMILES string of the molecule is CC/C=C\C/C=C\C/C=C\C/C=C\CCCCCCCCCCCCC(=O)OC(COCCCCCCCC/C=C\C/C=C\C/C=C\CC)COP(=O)([O-])OCC[N+](C)(C)C. The predicted octanol–water partition coefficient (Wildman–Crippen LogP) is 14.2. The van der Waals surface area contributed by atoms with Crippen molar-refractivity contribution >= 4 is 13.8 Å². The Morgan fingerprint density at radius 2 is 0.902 bits per heavy atom. The van der Waals surface area contributed by atoms with E-state index in [1.165, 1.54) is 70.6 Å². The quantitative estimate of drug-likeness (QED) is 0.0198. The fraction of sp³-hybridized carbons (Fsp3) is 0.712. The molecule has 0 amide bonds. The van der Waals surface area contributed by atoms with E-state index in [2.05, 4.69) is 98.9 Å². The number of carbonyl (C=O) groups is 1. The second-order valence-corrected chi connectivity index (χ2v) is 18.5. The number of quaternary nitrogens is 1. The van der Waals surface area contributed by atoms with Crippen LogP contribution in [-0.4, -0.2) is 70.7 Å². The number of allylic oxidation sites excluding steroid dienone is 14. The largest absolute Gasteiger partial charge is 0.756 e. The first-order valence-corrected chi connectivity index (χ1v) is 25.8. The molecule has 0 aromatic heterocycles. The van der Waals surface area contributed by atoms with Gasteiger partial charge in [0.05, 0.1) is 34.4 Å². The number of esters is 1. The van der Waals surface area contributed by atoms with Crippen molar-refractivity contribution in [2.75, 3.05) is 54.1 Å². The van der Waals surface area contributed by atoms with Crippen molar-refractivity contribution in [2.45, 2.75) is 187 Å². The highest BCUT2D eigenvalue weighted by molar-refractivity contribution is 7.45. The van der Waals surface area contributed by atoms with Crippen LogP contribution in [0.3, 0.4) is 0 Å². The Balaban J connectivity index is 4.19. The molecule has 0 N–H and O–H groups in total. The zero-order chi connectivity index (χ0) is 44.8. The minimum absolute atomic E-state index is 0.0181. The van der Waals surface area contributed by atoms with E-state index in [1.54, 1.807) is 0 Å². The molecule has 0 aromatic carbocycles. The van der Waals surface area contributed by atoms with E-state index in [0.717, 1.165) is 89.9 Å². The zero-order valence-electron chi connectivity index (χ0n) is 39.8. The van der Waals surface area contributed by atoms with E-state index in [4.69, 9.17) is 18.5 Å². The van der Waals surface area contributed by atoms with Gasteiger partial charge >= 0.3 is 5.97 Å². The van der Waals surface area contributed by atoms with E-state index in [0.29, 0.717) is 24.1 Å². The summed E-state index contributed by atoms with van der Waals surface area (Å²) in [5.41, 5.74) is 0. The molecule has 0 rings (SSSR count). The van der Waals surface area contributed by atoms with Crippen LogP contribution in [0.15, 0.2) is 85.1 Å². The molecule has 61 heavy (non-hydrogen) atoms. The molecule has 0 fully saturated rings. The standard InChI is InChI=1S/C52H92NO7P/c1-6-8-10-12-14-16-18-20-22-24-25-26-27-28-29-30-31-33-35-37-39-41-43-45-52(54)60-51(50-59-61(55,56)58-48-46-53(3,4)5)49-57-47-44-42-40-38-36-34-32-23-21-19-17-15-13-11-9-7-2/h8-11,14-17,20-23,25-26,51H,6-7,12-13,18-19,24,27-50H2,1-5H3/b10-8-,11-9-,16-14-,17-15-,22-20-,23-21-,26-25-. The summed E-state index contributed by atoms with van der Waals surface area (Å²) in [5.74, 6) is -0.347. The first-order chi connectivity index (χ1) is 29.6. The van der Waals surface area contributed by atoms with E-state index in [-0.39, 0.29) is 25.8 Å². The van der Waals surface area contributed by atoms with Crippen molar-refractivity contribution in [2.24, 2.45) is 0 Å². The van der Waals surface area contributed by atoms with Crippen molar-refractivity contribution < 1.29 is 37.3 Å². The smallest absolute Gasteiger partial charge is 0.306 e. The topological polar surface area (TPSA) is 94.1 Å². The molecular weight excluding hydrogens is 782 g/mol. The van der Waals surface area contributed by atoms with E-state index >= 15 is 0 Å². The fourth-order valence-electron chi connectivity index (χ4n) is 6.26. The van der Waals surface area contributed by atoms with Gasteiger partial charge in [-0.1, -0.05) is 176 Å². The normalized spacial score (nSPS) is 14.4. The van der Waals surface area contributed by atoms with Crippen LogP contribution in [0, 0.1) is 0 Å². The average molecular weight is 874 g/mol. The van der Waals surface area contributed by atoms with Crippen LogP contribution in [-0.2, 0) is 27.9 Å². The molecule has 0 saturated carbocycles. The Bertz CT molecular complexity index is 1250. The highest BCUT2D eigenvalue weighted by Gasteiger charge is 2.20. The number of hydrogen-bond acceptors (Lipinski definition) is 7. The van der Waals surface area contributed by atoms with Crippen molar-refractivity contribution in [3.63, 3.8) is 0 Å². The van der Waals surface area contributed by atoms with Gasteiger partial charge in [-0.05, 0) is 83.5 Å². The lowest BCUT2D eigenvalue weighted by Crippen LogP contribution is -2.37. The minimum Gasteiger partial charge on any atom is -0.756 e. The van der Waals surface area contributed by atoms with Gasteiger partial charge in [-0.2, -0.15) is 0 Å². The van der Waals surface area contributed by atoms with Crippen LogP contribution < -0.4 is 4.89 Å². The second-order valence-electron chi connectivity index (χ2n) is 17.1. The van der Waals surface area contributed by atoms with E-state index in [9.17, 15) is 14.3 Å². The molecule has 0 aliphatic carbocycles. The summed E-state index contributed by atoms with van der Waals surface area (Å²) >= 11 is 0. The van der Waals surface area contributed by atoms with Crippen LogP contribution in [0.25, 0.3) is 0 Å². The molecule has 0 radical (unpaired) electrons. The summed E-state index contributed by atoms with van der Waals surface area (Å²) < 4.78 is 34.7. The molecule has 8 nitrogen and oxygen atoms in total. The highest BCUT2D eigenvalue weighted by Crippen LogP contribution is 2.38. The third-order valence-corrected chi connectivity index (χ3v) is 10.9. The lowest BCUT2D eigenvalue weighted by atomic mass is 10.0. The summed E-state index contributed by atoms with van der Waals surface area (Å²) in [4.78, 5) is 25.1. The monoisotopic (exact) mass is 874 g/mol. The molecule has 0 heterocycles. The molecule has 352 valence electrons. The molecule has 0 aromatic rings. The summed E-state index contributed by atoms with van der Waals surface area (Å²) in [6, 6.07) is 0. The summed E-state index contributed by atoms with van der Waals surface area (Å²) in [6.07, 6.45) is 58.9. The third kappa shape index (κ3) is 48.6. The third-order valence-electron chi connectivity index (χ3n) is 9.94. The number of rotatable bonds is 44. The zero-order valence-corrected chi connectivity index (χ0v) is 40.7. The molecule has 0 bridgehead atoms. The number of hydrogen-bond donors (Lipinski definition) is 0. The lowest BCUT2D eigenvalue weighted by molar-refractivity contribution is -0.870. The molecule has 9 heteroatoms. The Kier molecular flexibility index (Phi) is 42.6. The molecule has 2 atom stereocenters. The Morgan fingerprint density at radius 3 is 1.34 bits per heavy atom. The van der Waals surface area contributed by atoms with Gasteiger partial charge in [-0.3, -0.25) is 9.36 Å². The fourth-order valence-corrected chi connectivity index (χ4v) is 6.99. The van der Waals surface area contributed by atoms with E-state index < -0.39 is 13.9 Å². The second kappa shape index (κ2) is 44.3. The van der Waals surface area contributed by atoms with Gasteiger partial charge < -0.3 is 27.9 Å². The van der Waals surface area contributed by atoms with Crippen molar-refractivity contribution in [3.05, 3.63) is 85.1 Å². The van der Waals surface area contributed by atoms with Gasteiger partial charge in [0.1, 0.15) is 19.3 Å². The number of ether oxygens (including phenoxy) is 2. The molecule has 0 spiro atoms. The van der Waals surface area contributed by atoms with Gasteiger partial charge in [0, 0.05) is 13.0 Å². The van der Waals surface area contributed by atoms with E-state index in [1.807, 2.05) is 21.1 Å². The predicted molar refractivity (Wildman–Crippen MR) is 258 cm³/mol. The van der Waals surface area contributed by atoms with Crippen molar-refractivity contribution in [1.82, 2.24) is 0 Å². The Morgan fingerprint density at radius 1 is 0.508 bits per heavy atom. The Hall–Kier alpha value is -2.32. The van der Waals surface area contributed by atoms with Gasteiger partial charge in [0.15, 0.2) is 0 Å². The molecule has 0 aliphatic heterocycles. The van der Waals surface area contributed by atoms with Crippen LogP contribution in [0.5, 0.6) is 0 Å². The van der Waals surface area contributed by atoms with Gasteiger partial charge in [-0.15, -0.1) is 0 Å². The molecule has 0 aliphatic rings. The summed E-state index contributed by atoms with van der Waals surface area (Å²) in [5, 5.41) is 0. The first kappa shape index (κ1) is 58.7. The number of carbonyl (C=O) groups excluding carboxylic acids is 1. The van der Waals surface area contributed by atoms with Crippen LogP contribution >= 0.6 is 7.82 Å². The number of phosphoric ester groups is 1. The maximum Gasteiger partial charge on any atom is 0.306 e. The van der Waals surface area contributed by atoms with Crippen LogP contribution in [0.2, 0.25) is 0 Å². The van der Waals surface area contributed by atoms with Gasteiger partial charge in [0.2, 0.25) is 0 Å². The van der Waals surface area contributed by atoms with Crippen LogP contribution in [0.4, 0.5) is 0 Å². The number of likely N-dealkylation sites (N-methyl/N-ethyl adjacent to an activating group) is 1. The van der Waals surface area contributed by atoms with Gasteiger partial charge in [0.25, 0.3) is 7.82 Å². The number of nitrogens with zero attached hydrogens (tertiary/aromatic N) is 1. The first-order valence-electron chi connectivity index (χ1n) is 24.3. The van der Waals surface area contributed by atoms with Crippen molar-refractivity contribution in [1.29, 1.82) is 0 Å². The molecule has 2 unspecified atom stereocenters. The lowest BCUT2D eigenvalue weighted by Gasteiger charge is -2.28. The van der Waals surface area contributed by atoms with Crippen LogP contribution in [0.1, 0.15) is 181 Å².